The molecule has 0 saturated carbocycles. The van der Waals surface area contributed by atoms with Gasteiger partial charge in [0.1, 0.15) is 5.75 Å². The number of hydrogen-bond acceptors (Lipinski definition) is 3. The number of carbonyl (C=O) groups excluding carboxylic acids is 1. The molecule has 1 atom stereocenters. The van der Waals surface area contributed by atoms with Crippen LogP contribution >= 0.6 is 15.9 Å². The van der Waals surface area contributed by atoms with Gasteiger partial charge in [-0.15, -0.1) is 0 Å². The zero-order valence-electron chi connectivity index (χ0n) is 9.36. The standard InChI is InChI=1S/C11H12BrNO4/c1-6(10(14)13-2)17-9-5-7(11(15)16)3-4-8(9)12/h3-6H,1-2H3,(H,13,14)(H,15,16). The predicted molar refractivity (Wildman–Crippen MR) is 65.3 cm³/mol. The smallest absolute Gasteiger partial charge is 0.335 e. The molecule has 92 valence electrons. The van der Waals surface area contributed by atoms with Crippen LogP contribution < -0.4 is 10.1 Å². The van der Waals surface area contributed by atoms with E-state index in [2.05, 4.69) is 21.2 Å². The summed E-state index contributed by atoms with van der Waals surface area (Å²) in [5, 5.41) is 11.3. The molecule has 1 aromatic carbocycles. The number of halogens is 1. The van der Waals surface area contributed by atoms with Gasteiger partial charge in [0, 0.05) is 7.05 Å². The fourth-order valence-corrected chi connectivity index (χ4v) is 1.51. The number of hydrogen-bond donors (Lipinski definition) is 2. The van der Waals surface area contributed by atoms with Crippen LogP contribution in [0.5, 0.6) is 5.75 Å². The van der Waals surface area contributed by atoms with Crippen molar-refractivity contribution < 1.29 is 19.4 Å². The Morgan fingerprint density at radius 3 is 2.65 bits per heavy atom. The van der Waals surface area contributed by atoms with Crippen LogP contribution in [-0.4, -0.2) is 30.1 Å². The first-order chi connectivity index (χ1) is 7.95. The summed E-state index contributed by atoms with van der Waals surface area (Å²) in [7, 11) is 1.50. The van der Waals surface area contributed by atoms with E-state index in [9.17, 15) is 9.59 Å². The Balaban J connectivity index is 2.93. The Bertz CT molecular complexity index is 447. The Labute approximate surface area is 107 Å². The number of carbonyl (C=O) groups is 2. The number of aromatic carboxylic acids is 1. The van der Waals surface area contributed by atoms with Crippen molar-refractivity contribution in [2.75, 3.05) is 7.05 Å². The Morgan fingerprint density at radius 1 is 1.47 bits per heavy atom. The zero-order valence-corrected chi connectivity index (χ0v) is 10.9. The quantitative estimate of drug-likeness (QED) is 0.887. The predicted octanol–water partition coefficient (Wildman–Crippen LogP) is 1.66. The summed E-state index contributed by atoms with van der Waals surface area (Å²) in [5.74, 6) is -1.01. The SMILES string of the molecule is CNC(=O)C(C)Oc1cc(C(=O)O)ccc1Br. The van der Waals surface area contributed by atoms with Crippen LogP contribution in [0.2, 0.25) is 0 Å². The first-order valence-corrected chi connectivity index (χ1v) is 5.66. The molecule has 0 aromatic heterocycles. The van der Waals surface area contributed by atoms with E-state index in [0.29, 0.717) is 10.2 Å². The van der Waals surface area contributed by atoms with E-state index in [0.717, 1.165) is 0 Å². The number of benzene rings is 1. The number of carboxylic acid groups (broad SMARTS) is 1. The van der Waals surface area contributed by atoms with Crippen molar-refractivity contribution in [3.05, 3.63) is 28.2 Å². The highest BCUT2D eigenvalue weighted by molar-refractivity contribution is 9.10. The molecular formula is C11H12BrNO4. The third kappa shape index (κ3) is 3.45. The van der Waals surface area contributed by atoms with Crippen molar-refractivity contribution in [3.8, 4) is 5.75 Å². The van der Waals surface area contributed by atoms with E-state index in [4.69, 9.17) is 9.84 Å². The third-order valence-corrected chi connectivity index (χ3v) is 2.75. The summed E-state index contributed by atoms with van der Waals surface area (Å²) in [6.07, 6.45) is -0.694. The van der Waals surface area contributed by atoms with Gasteiger partial charge in [-0.2, -0.15) is 0 Å². The molecule has 0 aliphatic carbocycles. The van der Waals surface area contributed by atoms with Gasteiger partial charge in [-0.25, -0.2) is 4.79 Å². The number of nitrogens with one attached hydrogen (secondary N) is 1. The van der Waals surface area contributed by atoms with E-state index in [1.165, 1.54) is 19.2 Å². The zero-order chi connectivity index (χ0) is 13.0. The number of likely N-dealkylation sites (N-methyl/N-ethyl adjacent to an activating group) is 1. The number of rotatable bonds is 4. The lowest BCUT2D eigenvalue weighted by molar-refractivity contribution is -0.126. The van der Waals surface area contributed by atoms with Gasteiger partial charge in [0.15, 0.2) is 6.10 Å². The van der Waals surface area contributed by atoms with Gasteiger partial charge in [0.05, 0.1) is 10.0 Å². The largest absolute Gasteiger partial charge is 0.480 e. The molecule has 0 radical (unpaired) electrons. The maximum Gasteiger partial charge on any atom is 0.335 e. The fourth-order valence-electron chi connectivity index (χ4n) is 1.17. The second-order valence-corrected chi connectivity index (χ2v) is 4.18. The molecule has 0 aliphatic rings. The monoisotopic (exact) mass is 301 g/mol. The minimum absolute atomic E-state index is 0.104. The molecule has 2 N–H and O–H groups in total. The van der Waals surface area contributed by atoms with Crippen LogP contribution in [0.3, 0.4) is 0 Å². The van der Waals surface area contributed by atoms with Gasteiger partial charge < -0.3 is 15.2 Å². The number of ether oxygens (including phenoxy) is 1. The molecule has 1 amide bonds. The average Bonchev–Trinajstić information content (AvgIpc) is 2.30. The van der Waals surface area contributed by atoms with E-state index >= 15 is 0 Å². The first-order valence-electron chi connectivity index (χ1n) is 4.86. The first kappa shape index (κ1) is 13.5. The lowest BCUT2D eigenvalue weighted by Crippen LogP contribution is -2.33. The van der Waals surface area contributed by atoms with Crippen LogP contribution in [0.15, 0.2) is 22.7 Å². The topological polar surface area (TPSA) is 75.6 Å². The Morgan fingerprint density at radius 2 is 2.12 bits per heavy atom. The van der Waals surface area contributed by atoms with Crippen LogP contribution in [-0.2, 0) is 4.79 Å². The average molecular weight is 302 g/mol. The summed E-state index contributed by atoms with van der Waals surface area (Å²) in [5.41, 5.74) is 0.104. The minimum Gasteiger partial charge on any atom is -0.480 e. The molecule has 0 fully saturated rings. The van der Waals surface area contributed by atoms with Crippen LogP contribution in [0.25, 0.3) is 0 Å². The van der Waals surface area contributed by atoms with Crippen molar-refractivity contribution >= 4 is 27.8 Å². The lowest BCUT2D eigenvalue weighted by Gasteiger charge is -2.14. The summed E-state index contributed by atoms with van der Waals surface area (Å²) in [6, 6.07) is 4.38. The van der Waals surface area contributed by atoms with Gasteiger partial charge >= 0.3 is 5.97 Å². The molecule has 0 heterocycles. The highest BCUT2D eigenvalue weighted by Gasteiger charge is 2.15. The molecule has 1 rings (SSSR count). The van der Waals surface area contributed by atoms with Crippen molar-refractivity contribution in [2.45, 2.75) is 13.0 Å². The summed E-state index contributed by atoms with van der Waals surface area (Å²) in [4.78, 5) is 22.1. The van der Waals surface area contributed by atoms with Crippen molar-refractivity contribution in [3.63, 3.8) is 0 Å². The normalized spacial score (nSPS) is 11.7. The minimum atomic E-state index is -1.05. The molecule has 17 heavy (non-hydrogen) atoms. The molecule has 5 nitrogen and oxygen atoms in total. The van der Waals surface area contributed by atoms with E-state index in [-0.39, 0.29) is 11.5 Å². The highest BCUT2D eigenvalue weighted by atomic mass is 79.9. The second kappa shape index (κ2) is 5.67. The van der Waals surface area contributed by atoms with Crippen LogP contribution in [0.1, 0.15) is 17.3 Å². The van der Waals surface area contributed by atoms with Gasteiger partial charge in [-0.1, -0.05) is 0 Å². The maximum atomic E-state index is 11.3. The lowest BCUT2D eigenvalue weighted by atomic mass is 10.2. The Hall–Kier alpha value is -1.56. The molecule has 1 unspecified atom stereocenters. The van der Waals surface area contributed by atoms with Gasteiger partial charge in [-0.05, 0) is 41.1 Å². The summed E-state index contributed by atoms with van der Waals surface area (Å²) in [6.45, 7) is 1.58. The fraction of sp³-hybridized carbons (Fsp3) is 0.273. The maximum absolute atomic E-state index is 11.3. The molecule has 6 heteroatoms. The van der Waals surface area contributed by atoms with E-state index < -0.39 is 12.1 Å². The van der Waals surface area contributed by atoms with Gasteiger partial charge in [0.25, 0.3) is 5.91 Å². The van der Waals surface area contributed by atoms with Gasteiger partial charge in [0.2, 0.25) is 0 Å². The van der Waals surface area contributed by atoms with Gasteiger partial charge in [-0.3, -0.25) is 4.79 Å². The molecule has 1 aromatic rings. The van der Waals surface area contributed by atoms with Crippen LogP contribution in [0, 0.1) is 0 Å². The number of carboxylic acids is 1. The summed E-state index contributed by atoms with van der Waals surface area (Å²) < 4.78 is 5.96. The molecule has 0 aliphatic heterocycles. The van der Waals surface area contributed by atoms with Crippen LogP contribution in [0.4, 0.5) is 0 Å². The van der Waals surface area contributed by atoms with Crippen molar-refractivity contribution in [1.29, 1.82) is 0 Å². The van der Waals surface area contributed by atoms with E-state index in [1.807, 2.05) is 0 Å². The van der Waals surface area contributed by atoms with Crippen molar-refractivity contribution in [2.24, 2.45) is 0 Å². The molecule has 0 saturated heterocycles. The summed E-state index contributed by atoms with van der Waals surface area (Å²) >= 11 is 3.23. The third-order valence-electron chi connectivity index (χ3n) is 2.10. The highest BCUT2D eigenvalue weighted by Crippen LogP contribution is 2.27. The molecule has 0 spiro atoms. The molecule has 0 bridgehead atoms. The van der Waals surface area contributed by atoms with E-state index in [1.54, 1.807) is 13.0 Å². The second-order valence-electron chi connectivity index (χ2n) is 3.32. The Kier molecular flexibility index (Phi) is 4.51. The molecular weight excluding hydrogens is 290 g/mol. The number of amides is 1. The van der Waals surface area contributed by atoms with Crippen molar-refractivity contribution in [1.82, 2.24) is 5.32 Å².